The molecule has 2 aliphatic rings. The third-order valence-corrected chi connectivity index (χ3v) is 9.79. The number of likely N-dealkylation sites (N-methyl/N-ethyl adjacent to an activating group) is 1. The van der Waals surface area contributed by atoms with Crippen molar-refractivity contribution < 1.29 is 37.3 Å². The second-order valence-corrected chi connectivity index (χ2v) is 12.4. The zero-order valence-corrected chi connectivity index (χ0v) is 25.7. The van der Waals surface area contributed by atoms with Crippen LogP contribution in [-0.4, -0.2) is 89.3 Å². The van der Waals surface area contributed by atoms with Crippen molar-refractivity contribution in [3.63, 3.8) is 0 Å². The van der Waals surface area contributed by atoms with Crippen LogP contribution >= 0.6 is 0 Å². The summed E-state index contributed by atoms with van der Waals surface area (Å²) in [5.41, 5.74) is -1.47. The molecule has 13 heteroatoms. The summed E-state index contributed by atoms with van der Waals surface area (Å²) in [7, 11) is 2.57. The minimum absolute atomic E-state index is 0.00643. The third-order valence-electron chi connectivity index (χ3n) is 8.05. The first-order valence-corrected chi connectivity index (χ1v) is 15.1. The molecule has 0 aliphatic carbocycles. The minimum atomic E-state index is -4.69. The molecular formula is C31H32N4O8S. The Labute approximate surface area is 255 Å². The molecule has 0 aromatic heterocycles. The van der Waals surface area contributed by atoms with E-state index in [1.54, 1.807) is 38.4 Å². The predicted molar refractivity (Wildman–Crippen MR) is 159 cm³/mol. The Morgan fingerprint density at radius 1 is 1.00 bits per heavy atom. The fraction of sp³-hybridized carbons (Fsp3) is 0.323. The van der Waals surface area contributed by atoms with Crippen LogP contribution in [0.5, 0.6) is 17.2 Å². The van der Waals surface area contributed by atoms with Gasteiger partial charge in [-0.05, 0) is 42.8 Å². The third kappa shape index (κ3) is 4.54. The number of ether oxygens (including phenoxy) is 3. The Kier molecular flexibility index (Phi) is 8.02. The molecule has 0 spiro atoms. The zero-order chi connectivity index (χ0) is 32.0. The van der Waals surface area contributed by atoms with Gasteiger partial charge in [0.2, 0.25) is 5.91 Å². The Morgan fingerprint density at radius 3 is 2.34 bits per heavy atom. The van der Waals surface area contributed by atoms with E-state index in [1.807, 2.05) is 0 Å². The van der Waals surface area contributed by atoms with Gasteiger partial charge in [0.25, 0.3) is 15.9 Å². The van der Waals surface area contributed by atoms with Crippen molar-refractivity contribution in [1.29, 1.82) is 5.26 Å². The number of amides is 2. The number of aliphatic hydroxyl groups is 1. The summed E-state index contributed by atoms with van der Waals surface area (Å²) in [6, 6.07) is 16.0. The monoisotopic (exact) mass is 620 g/mol. The zero-order valence-electron chi connectivity index (χ0n) is 24.8. The van der Waals surface area contributed by atoms with Crippen LogP contribution in [0.25, 0.3) is 0 Å². The van der Waals surface area contributed by atoms with E-state index < -0.39 is 33.6 Å². The van der Waals surface area contributed by atoms with Gasteiger partial charge in [-0.15, -0.1) is 0 Å². The number of benzene rings is 3. The van der Waals surface area contributed by atoms with Gasteiger partial charge in [0, 0.05) is 37.8 Å². The molecule has 2 heterocycles. The number of sulfonamides is 1. The van der Waals surface area contributed by atoms with Crippen molar-refractivity contribution in [3.05, 3.63) is 77.4 Å². The van der Waals surface area contributed by atoms with E-state index >= 15 is 4.79 Å². The van der Waals surface area contributed by atoms with Crippen LogP contribution in [0.4, 0.5) is 5.69 Å². The molecule has 3 atom stereocenters. The quantitative estimate of drug-likeness (QED) is 0.397. The molecule has 3 aromatic rings. The molecule has 3 aromatic carbocycles. The summed E-state index contributed by atoms with van der Waals surface area (Å²) in [6.45, 7) is -0.149. The summed E-state index contributed by atoms with van der Waals surface area (Å²) < 4.78 is 46.1. The van der Waals surface area contributed by atoms with Crippen LogP contribution in [0.2, 0.25) is 0 Å². The number of nitrogens with zero attached hydrogens (tertiary/aromatic N) is 4. The van der Waals surface area contributed by atoms with E-state index in [1.165, 1.54) is 67.5 Å². The lowest BCUT2D eigenvalue weighted by molar-refractivity contribution is -0.138. The maximum atomic E-state index is 15.2. The minimum Gasteiger partial charge on any atom is -0.497 e. The molecule has 1 N–H and O–H groups in total. The van der Waals surface area contributed by atoms with Gasteiger partial charge >= 0.3 is 0 Å². The van der Waals surface area contributed by atoms with Crippen molar-refractivity contribution in [2.75, 3.05) is 46.3 Å². The van der Waals surface area contributed by atoms with Crippen LogP contribution in [0.15, 0.2) is 65.6 Å². The Hall–Kier alpha value is -4.64. The Morgan fingerprint density at radius 2 is 1.70 bits per heavy atom. The number of hydrogen-bond donors (Lipinski definition) is 1. The number of nitriles is 1. The lowest BCUT2D eigenvalue weighted by Crippen LogP contribution is -2.59. The molecular weight excluding hydrogens is 588 g/mol. The fourth-order valence-corrected chi connectivity index (χ4v) is 7.72. The number of hydrogen-bond acceptors (Lipinski definition) is 10. The predicted octanol–water partition coefficient (Wildman–Crippen LogP) is 2.09. The van der Waals surface area contributed by atoms with Crippen molar-refractivity contribution >= 4 is 27.5 Å². The molecule has 44 heavy (non-hydrogen) atoms. The number of carbonyl (C=O) groups excluding carboxylic acids is 2. The molecule has 5 rings (SSSR count). The number of methoxy groups -OCH3 is 3. The smallest absolute Gasteiger partial charge is 0.274 e. The number of rotatable bonds is 8. The molecule has 0 saturated carbocycles. The summed E-state index contributed by atoms with van der Waals surface area (Å²) in [6.07, 6.45) is -1.02. The molecule has 3 unspecified atom stereocenters. The maximum absolute atomic E-state index is 15.2. The highest BCUT2D eigenvalue weighted by Gasteiger charge is 2.64. The number of β-amino-alcohol motifs (C(OH)–C–C–N with tert-alkyl or cyclic N) is 1. The molecule has 12 nitrogen and oxygen atoms in total. The highest BCUT2D eigenvalue weighted by Crippen LogP contribution is 2.55. The standard InChI is InChI=1S/C31H32N4O8S/c1-33(2)29(37)25-15-20(36)18-34(25)31(22-8-6-7-9-26(22)42-4)23-14-19(17-32)10-12-24(23)35(30(31)38)44(39,40)28-13-11-21(41-3)16-27(28)43-5/h6-14,16,20,25,36H,15,18H2,1-5H3. The number of likely N-dealkylation sites (tertiary alicyclic amines) is 1. The van der Waals surface area contributed by atoms with Crippen LogP contribution in [-0.2, 0) is 25.2 Å². The van der Waals surface area contributed by atoms with E-state index in [4.69, 9.17) is 14.2 Å². The van der Waals surface area contributed by atoms with E-state index in [0.717, 1.165) is 0 Å². The van der Waals surface area contributed by atoms with E-state index in [2.05, 4.69) is 6.07 Å². The number of anilines is 1. The lowest BCUT2D eigenvalue weighted by atomic mass is 9.80. The van der Waals surface area contributed by atoms with Gasteiger partial charge in [0.15, 0.2) is 5.54 Å². The van der Waals surface area contributed by atoms with Crippen LogP contribution in [0, 0.1) is 11.3 Å². The Balaban J connectivity index is 1.89. The number of para-hydroxylation sites is 1. The van der Waals surface area contributed by atoms with Crippen LogP contribution < -0.4 is 18.5 Å². The van der Waals surface area contributed by atoms with E-state index in [-0.39, 0.29) is 57.6 Å². The number of carbonyl (C=O) groups is 2. The molecule has 1 saturated heterocycles. The molecule has 2 aliphatic heterocycles. The van der Waals surface area contributed by atoms with Crippen molar-refractivity contribution in [3.8, 4) is 23.3 Å². The summed E-state index contributed by atoms with van der Waals surface area (Å²) >= 11 is 0. The Bertz CT molecular complexity index is 1790. The van der Waals surface area contributed by atoms with Gasteiger partial charge in [-0.2, -0.15) is 5.26 Å². The average molecular weight is 621 g/mol. The first-order chi connectivity index (χ1) is 21.0. The summed E-state index contributed by atoms with van der Waals surface area (Å²) in [5, 5.41) is 20.8. The largest absolute Gasteiger partial charge is 0.497 e. The normalized spacial score (nSPS) is 21.5. The molecule has 2 amide bonds. The topological polar surface area (TPSA) is 150 Å². The molecule has 230 valence electrons. The van der Waals surface area contributed by atoms with Crippen LogP contribution in [0.3, 0.4) is 0 Å². The van der Waals surface area contributed by atoms with Crippen molar-refractivity contribution in [2.24, 2.45) is 0 Å². The first kappa shape index (κ1) is 30.8. The molecule has 0 bridgehead atoms. The van der Waals surface area contributed by atoms with Crippen molar-refractivity contribution in [1.82, 2.24) is 9.80 Å². The highest BCUT2D eigenvalue weighted by molar-refractivity contribution is 7.93. The lowest BCUT2D eigenvalue weighted by Gasteiger charge is -2.42. The van der Waals surface area contributed by atoms with Gasteiger partial charge < -0.3 is 24.2 Å². The fourth-order valence-electron chi connectivity index (χ4n) is 6.12. The maximum Gasteiger partial charge on any atom is 0.274 e. The average Bonchev–Trinajstić information content (AvgIpc) is 3.54. The van der Waals surface area contributed by atoms with Crippen molar-refractivity contribution in [2.45, 2.75) is 29.0 Å². The van der Waals surface area contributed by atoms with Gasteiger partial charge in [-0.1, -0.05) is 18.2 Å². The number of fused-ring (bicyclic) bond motifs is 1. The first-order valence-electron chi connectivity index (χ1n) is 13.6. The van der Waals surface area contributed by atoms with Gasteiger partial charge in [-0.3, -0.25) is 14.5 Å². The second-order valence-electron chi connectivity index (χ2n) is 10.6. The van der Waals surface area contributed by atoms with Gasteiger partial charge in [-0.25, -0.2) is 12.7 Å². The molecule has 0 radical (unpaired) electrons. The highest BCUT2D eigenvalue weighted by atomic mass is 32.2. The number of aliphatic hydroxyl groups excluding tert-OH is 1. The van der Waals surface area contributed by atoms with Gasteiger partial charge in [0.05, 0.1) is 50.8 Å². The van der Waals surface area contributed by atoms with Gasteiger partial charge in [0.1, 0.15) is 22.1 Å². The summed E-state index contributed by atoms with van der Waals surface area (Å²) in [5.74, 6) is -0.797. The SMILES string of the molecule is COc1ccc(S(=O)(=O)N2C(=O)C(c3ccccc3OC)(N3CC(O)CC3C(=O)N(C)C)c3cc(C#N)ccc32)c(OC)c1. The summed E-state index contributed by atoms with van der Waals surface area (Å²) in [4.78, 5) is 31.4. The molecule has 1 fully saturated rings. The van der Waals surface area contributed by atoms with E-state index in [0.29, 0.717) is 10.1 Å². The van der Waals surface area contributed by atoms with Crippen LogP contribution in [0.1, 0.15) is 23.1 Å². The second kappa shape index (κ2) is 11.5. The van der Waals surface area contributed by atoms with E-state index in [9.17, 15) is 23.6 Å².